The van der Waals surface area contributed by atoms with Crippen LogP contribution in [0.25, 0.3) is 5.57 Å². The highest BCUT2D eigenvalue weighted by Crippen LogP contribution is 2.34. The summed E-state index contributed by atoms with van der Waals surface area (Å²) in [6.45, 7) is 10.9. The highest BCUT2D eigenvalue weighted by molar-refractivity contribution is 6.30. The zero-order valence-corrected chi connectivity index (χ0v) is 18.3. The van der Waals surface area contributed by atoms with E-state index in [1.807, 2.05) is 13.8 Å². The summed E-state index contributed by atoms with van der Waals surface area (Å²) in [5.41, 5.74) is 6.17. The molecule has 0 aromatic heterocycles. The molecular formula is C23H24N4O5. The second-order valence-electron chi connectivity index (χ2n) is 6.84. The maximum atomic E-state index is 11.9. The Kier molecular flexibility index (Phi) is 7.96. The van der Waals surface area contributed by atoms with Crippen molar-refractivity contribution in [2.24, 2.45) is 5.10 Å². The Morgan fingerprint density at radius 1 is 1.28 bits per heavy atom. The fourth-order valence-electron chi connectivity index (χ4n) is 2.80. The van der Waals surface area contributed by atoms with E-state index in [-0.39, 0.29) is 17.3 Å². The molecular weight excluding hydrogens is 412 g/mol. The molecule has 2 aromatic rings. The lowest BCUT2D eigenvalue weighted by Gasteiger charge is -2.15. The third-order valence-corrected chi connectivity index (χ3v) is 4.25. The van der Waals surface area contributed by atoms with Gasteiger partial charge in [0.15, 0.2) is 6.19 Å². The minimum atomic E-state index is -1.07. The highest BCUT2D eigenvalue weighted by atomic mass is 16.6. The smallest absolute Gasteiger partial charge is 0.430 e. The Morgan fingerprint density at radius 2 is 1.94 bits per heavy atom. The summed E-state index contributed by atoms with van der Waals surface area (Å²) in [6, 6.07) is 8.44. The van der Waals surface area contributed by atoms with Gasteiger partial charge in [0.25, 0.3) is 5.91 Å². The van der Waals surface area contributed by atoms with E-state index in [4.69, 9.17) is 10.00 Å². The molecule has 0 bridgehead atoms. The number of phenolic OH excluding ortho intramolecular Hbond substituents is 1. The van der Waals surface area contributed by atoms with Crippen molar-refractivity contribution in [1.29, 1.82) is 5.26 Å². The molecule has 9 nitrogen and oxygen atoms in total. The summed E-state index contributed by atoms with van der Waals surface area (Å²) in [6.07, 6.45) is 1.20. The fraction of sp³-hybridized carbons (Fsp3) is 0.217. The van der Waals surface area contributed by atoms with Crippen molar-refractivity contribution in [3.8, 4) is 23.4 Å². The van der Waals surface area contributed by atoms with Gasteiger partial charge in [-0.15, -0.1) is 4.90 Å². The third kappa shape index (κ3) is 5.86. The fourth-order valence-corrected chi connectivity index (χ4v) is 2.80. The van der Waals surface area contributed by atoms with Crippen LogP contribution in [0, 0.1) is 25.3 Å². The van der Waals surface area contributed by atoms with Crippen LogP contribution >= 0.6 is 0 Å². The number of ether oxygens (including phenoxy) is 2. The molecule has 32 heavy (non-hydrogen) atoms. The molecule has 0 heterocycles. The molecule has 0 saturated carbocycles. The summed E-state index contributed by atoms with van der Waals surface area (Å²) in [7, 11) is 0. The molecule has 0 saturated heterocycles. The minimum Gasteiger partial charge on any atom is -0.507 e. The Hall–Kier alpha value is -4.32. The van der Waals surface area contributed by atoms with Crippen molar-refractivity contribution < 1.29 is 24.2 Å². The lowest BCUT2D eigenvalue weighted by molar-refractivity contribution is -0.119. The summed E-state index contributed by atoms with van der Waals surface area (Å²) < 4.78 is 10.6. The average molecular weight is 436 g/mol. The van der Waals surface area contributed by atoms with Crippen LogP contribution in [0.2, 0.25) is 0 Å². The number of hydrogen-bond donors (Lipinski definition) is 2. The molecule has 0 radical (unpaired) electrons. The monoisotopic (exact) mass is 436 g/mol. The molecule has 0 fully saturated rings. The predicted molar refractivity (Wildman–Crippen MR) is 120 cm³/mol. The normalized spacial score (nSPS) is 10.3. The zero-order chi connectivity index (χ0) is 23.8. The van der Waals surface area contributed by atoms with Gasteiger partial charge in [-0.1, -0.05) is 6.58 Å². The first-order valence-electron chi connectivity index (χ1n) is 9.65. The molecule has 0 aliphatic rings. The van der Waals surface area contributed by atoms with Crippen LogP contribution in [0.15, 0.2) is 42.0 Å². The number of nitrogens with one attached hydrogen (secondary N) is 1. The second-order valence-corrected chi connectivity index (χ2v) is 6.84. The van der Waals surface area contributed by atoms with E-state index in [1.54, 1.807) is 44.2 Å². The van der Waals surface area contributed by atoms with E-state index in [0.29, 0.717) is 28.3 Å². The topological polar surface area (TPSA) is 124 Å². The molecule has 166 valence electrons. The minimum absolute atomic E-state index is 0.0330. The number of aryl methyl sites for hydroxylation is 2. The van der Waals surface area contributed by atoms with Crippen molar-refractivity contribution >= 4 is 29.5 Å². The van der Waals surface area contributed by atoms with Gasteiger partial charge < -0.3 is 14.6 Å². The van der Waals surface area contributed by atoms with E-state index in [2.05, 4.69) is 21.8 Å². The van der Waals surface area contributed by atoms with E-state index >= 15 is 0 Å². The van der Waals surface area contributed by atoms with Crippen molar-refractivity contribution in [3.63, 3.8) is 0 Å². The molecule has 0 atom stereocenters. The van der Waals surface area contributed by atoms with E-state index in [1.165, 1.54) is 6.19 Å². The van der Waals surface area contributed by atoms with Crippen molar-refractivity contribution in [2.75, 3.05) is 12.0 Å². The molecule has 0 aliphatic carbocycles. The first-order valence-corrected chi connectivity index (χ1v) is 9.65. The van der Waals surface area contributed by atoms with Gasteiger partial charge in [-0.25, -0.2) is 4.79 Å². The molecule has 2 amide bonds. The van der Waals surface area contributed by atoms with Gasteiger partial charge in [0.05, 0.1) is 12.3 Å². The number of phenols is 1. The number of imide groups is 1. The van der Waals surface area contributed by atoms with Gasteiger partial charge in [0.1, 0.15) is 23.5 Å². The third-order valence-electron chi connectivity index (χ3n) is 4.25. The number of carbonyl (C=O) groups is 2. The number of rotatable bonds is 7. The average Bonchev–Trinajstić information content (AvgIpc) is 2.72. The van der Waals surface area contributed by atoms with Crippen molar-refractivity contribution in [1.82, 2.24) is 4.90 Å². The Labute approximate surface area is 186 Å². The summed E-state index contributed by atoms with van der Waals surface area (Å²) in [4.78, 5) is 23.8. The number of anilines is 1. The number of nitrogens with zero attached hydrogens (tertiary/aromatic N) is 3. The van der Waals surface area contributed by atoms with Gasteiger partial charge in [0.2, 0.25) is 0 Å². The first-order chi connectivity index (χ1) is 15.2. The van der Waals surface area contributed by atoms with Crippen LogP contribution in [0.4, 0.5) is 10.5 Å². The van der Waals surface area contributed by atoms with Gasteiger partial charge >= 0.3 is 6.09 Å². The Bertz CT molecular complexity index is 1090. The number of carbonyl (C=O) groups excluding carboxylic acids is 2. The van der Waals surface area contributed by atoms with Gasteiger partial charge in [-0.3, -0.25) is 10.2 Å². The molecule has 0 aliphatic heterocycles. The Balaban J connectivity index is 2.14. The van der Waals surface area contributed by atoms with Gasteiger partial charge in [-0.05, 0) is 74.7 Å². The Morgan fingerprint density at radius 3 is 2.50 bits per heavy atom. The maximum absolute atomic E-state index is 11.9. The number of nitriles is 1. The summed E-state index contributed by atoms with van der Waals surface area (Å²) >= 11 is 0. The maximum Gasteiger partial charge on any atom is 0.430 e. The number of hydrogen-bond acceptors (Lipinski definition) is 8. The van der Waals surface area contributed by atoms with Crippen molar-refractivity contribution in [2.45, 2.75) is 27.7 Å². The molecule has 2 aromatic carbocycles. The van der Waals surface area contributed by atoms with Crippen LogP contribution < -0.4 is 10.2 Å². The molecule has 0 spiro atoms. The predicted octanol–water partition coefficient (Wildman–Crippen LogP) is 4.70. The molecule has 2 rings (SSSR count). The number of benzene rings is 2. The van der Waals surface area contributed by atoms with Gasteiger partial charge in [0, 0.05) is 5.56 Å². The van der Waals surface area contributed by atoms with Gasteiger partial charge in [-0.2, -0.15) is 10.4 Å². The van der Waals surface area contributed by atoms with Crippen molar-refractivity contribution in [3.05, 3.63) is 53.6 Å². The van der Waals surface area contributed by atoms with Crippen LogP contribution in [0.3, 0.4) is 0 Å². The number of amides is 2. The lowest BCUT2D eigenvalue weighted by atomic mass is 10.1. The van der Waals surface area contributed by atoms with E-state index < -0.39 is 12.0 Å². The molecule has 0 unspecified atom stereocenters. The largest absolute Gasteiger partial charge is 0.507 e. The van der Waals surface area contributed by atoms with E-state index in [9.17, 15) is 14.7 Å². The number of aromatic hydroxyl groups is 1. The number of allylic oxidation sites excluding steroid dienone is 1. The second kappa shape index (κ2) is 10.6. The van der Waals surface area contributed by atoms with Crippen LogP contribution in [-0.4, -0.2) is 34.8 Å². The SMILES string of the molecule is C=C(C)c1cc(Oc2c(C)cc(N/N=C/C(=O)N(C#N)C(=O)OCC)cc2C)ccc1O. The van der Waals surface area contributed by atoms with Crippen LogP contribution in [0.1, 0.15) is 30.5 Å². The zero-order valence-electron chi connectivity index (χ0n) is 18.3. The first kappa shape index (κ1) is 24.0. The van der Waals surface area contributed by atoms with E-state index in [0.717, 1.165) is 17.3 Å². The van der Waals surface area contributed by atoms with Crippen LogP contribution in [-0.2, 0) is 9.53 Å². The quantitative estimate of drug-likeness (QED) is 0.279. The molecule has 2 N–H and O–H groups in total. The molecule has 9 heteroatoms. The standard InChI is InChI=1S/C23H24N4O5/c1-6-31-23(30)27(13-24)21(29)12-25-26-17-9-15(4)22(16(5)10-17)32-18-7-8-20(28)19(11-18)14(2)3/h7-12,26,28H,2,6H2,1,3-5H3/b25-12+. The number of hydrazone groups is 1. The highest BCUT2D eigenvalue weighted by Gasteiger charge is 2.21. The lowest BCUT2D eigenvalue weighted by Crippen LogP contribution is -2.34. The summed E-state index contributed by atoms with van der Waals surface area (Å²) in [5, 5.41) is 22.7. The summed E-state index contributed by atoms with van der Waals surface area (Å²) in [5.74, 6) is 0.370. The van der Waals surface area contributed by atoms with Crippen LogP contribution in [0.5, 0.6) is 17.2 Å².